The molecule has 0 bridgehead atoms. The first-order valence-electron chi connectivity index (χ1n) is 25.9. The molecular weight excluding hydrogens is 898 g/mol. The van der Waals surface area contributed by atoms with E-state index in [2.05, 4.69) is 52.0 Å². The first-order chi connectivity index (χ1) is 30.9. The molecular formula is C56H86O6S2Zn. The molecule has 0 saturated heterocycles. The van der Waals surface area contributed by atoms with Crippen molar-refractivity contribution in [3.8, 4) is 0 Å². The second kappa shape index (κ2) is 34.2. The normalized spacial score (nSPS) is 11.8. The number of benzene rings is 4. The van der Waals surface area contributed by atoms with Gasteiger partial charge in [0, 0.05) is 0 Å². The molecule has 0 atom stereocenters. The van der Waals surface area contributed by atoms with E-state index in [0.717, 1.165) is 86.1 Å². The smallest absolute Gasteiger partial charge is 0.744 e. The molecule has 0 heterocycles. The fourth-order valence-electron chi connectivity index (χ4n) is 9.05. The van der Waals surface area contributed by atoms with Crippen LogP contribution >= 0.6 is 0 Å². The van der Waals surface area contributed by atoms with Gasteiger partial charge >= 0.3 is 19.5 Å². The van der Waals surface area contributed by atoms with Gasteiger partial charge in [-0.1, -0.05) is 230 Å². The van der Waals surface area contributed by atoms with Crippen LogP contribution in [0.15, 0.2) is 70.5 Å². The minimum Gasteiger partial charge on any atom is -0.744 e. The summed E-state index contributed by atoms with van der Waals surface area (Å²) in [5.41, 5.74) is 4.39. The molecule has 4 aromatic carbocycles. The van der Waals surface area contributed by atoms with Crippen molar-refractivity contribution in [1.29, 1.82) is 0 Å². The number of hydrogen-bond donors (Lipinski definition) is 0. The summed E-state index contributed by atoms with van der Waals surface area (Å²) in [6.45, 7) is 8.93. The Bertz CT molecular complexity index is 1950. The number of fused-ring (bicyclic) bond motifs is 2. The quantitative estimate of drug-likeness (QED) is 0.0262. The third-order valence-electron chi connectivity index (χ3n) is 12.9. The Morgan fingerprint density at radius 2 is 0.554 bits per heavy atom. The van der Waals surface area contributed by atoms with Gasteiger partial charge in [-0.25, -0.2) is 16.8 Å². The largest absolute Gasteiger partial charge is 2.00 e. The molecule has 9 heteroatoms. The van der Waals surface area contributed by atoms with Crippen LogP contribution in [0.2, 0.25) is 0 Å². The van der Waals surface area contributed by atoms with Crippen molar-refractivity contribution < 1.29 is 45.4 Å². The van der Waals surface area contributed by atoms with Crippen LogP contribution in [0.3, 0.4) is 0 Å². The maximum atomic E-state index is 11.9. The van der Waals surface area contributed by atoms with E-state index >= 15 is 0 Å². The summed E-state index contributed by atoms with van der Waals surface area (Å²) in [7, 11) is -8.98. The first-order valence-corrected chi connectivity index (χ1v) is 28.8. The van der Waals surface area contributed by atoms with Crippen LogP contribution in [0.5, 0.6) is 0 Å². The topological polar surface area (TPSA) is 114 Å². The number of unbranched alkanes of at least 4 members (excludes halogenated alkanes) is 24. The molecule has 0 spiro atoms. The zero-order valence-corrected chi connectivity index (χ0v) is 46.0. The summed E-state index contributed by atoms with van der Waals surface area (Å²) in [5.74, 6) is 0. The molecule has 0 N–H and O–H groups in total. The molecule has 0 radical (unpaired) electrons. The van der Waals surface area contributed by atoms with E-state index in [9.17, 15) is 25.9 Å². The van der Waals surface area contributed by atoms with Gasteiger partial charge in [0.25, 0.3) is 0 Å². The monoisotopic (exact) mass is 983 g/mol. The molecule has 4 aromatic rings. The van der Waals surface area contributed by atoms with E-state index in [0.29, 0.717) is 10.8 Å². The van der Waals surface area contributed by atoms with Gasteiger partial charge in [0.2, 0.25) is 0 Å². The number of aryl methyl sites for hydroxylation is 4. The average Bonchev–Trinajstić information content (AvgIpc) is 3.26. The minimum atomic E-state index is -4.49. The molecule has 0 aliphatic heterocycles. The third kappa shape index (κ3) is 24.1. The Morgan fingerprint density at radius 1 is 0.323 bits per heavy atom. The van der Waals surface area contributed by atoms with Gasteiger partial charge in [-0.05, 0) is 107 Å². The van der Waals surface area contributed by atoms with Crippen LogP contribution in [0.4, 0.5) is 0 Å². The van der Waals surface area contributed by atoms with Crippen molar-refractivity contribution in [3.05, 3.63) is 82.9 Å². The minimum absolute atomic E-state index is 0. The van der Waals surface area contributed by atoms with E-state index < -0.39 is 20.2 Å². The maximum Gasteiger partial charge on any atom is 2.00 e. The van der Waals surface area contributed by atoms with Gasteiger partial charge in [0.05, 0.1) is 9.79 Å². The van der Waals surface area contributed by atoms with Crippen LogP contribution in [-0.4, -0.2) is 25.9 Å². The fourth-order valence-corrected chi connectivity index (χ4v) is 10.5. The molecule has 0 unspecified atom stereocenters. The van der Waals surface area contributed by atoms with Crippen LogP contribution in [0.1, 0.15) is 230 Å². The molecule has 0 aliphatic carbocycles. The van der Waals surface area contributed by atoms with E-state index in [1.54, 1.807) is 12.1 Å². The van der Waals surface area contributed by atoms with Gasteiger partial charge in [-0.15, -0.1) is 0 Å². The zero-order valence-electron chi connectivity index (χ0n) is 41.4. The van der Waals surface area contributed by atoms with E-state index in [4.69, 9.17) is 0 Å². The second-order valence-corrected chi connectivity index (χ2v) is 21.4. The number of hydrogen-bond acceptors (Lipinski definition) is 6. The van der Waals surface area contributed by atoms with Crippen molar-refractivity contribution >= 4 is 41.8 Å². The summed E-state index contributed by atoms with van der Waals surface area (Å²) in [5, 5.41) is 2.90. The van der Waals surface area contributed by atoms with Crippen molar-refractivity contribution in [3.63, 3.8) is 0 Å². The van der Waals surface area contributed by atoms with Crippen molar-refractivity contribution in [2.75, 3.05) is 0 Å². The molecule has 4 rings (SSSR count). The predicted molar refractivity (Wildman–Crippen MR) is 271 cm³/mol. The Balaban J connectivity index is 0.000000440. The van der Waals surface area contributed by atoms with Gasteiger partial charge < -0.3 is 9.11 Å². The summed E-state index contributed by atoms with van der Waals surface area (Å²) < 4.78 is 71.5. The number of rotatable bonds is 34. The average molecular weight is 985 g/mol. The molecule has 0 saturated carbocycles. The van der Waals surface area contributed by atoms with Crippen molar-refractivity contribution in [1.82, 2.24) is 0 Å². The van der Waals surface area contributed by atoms with Gasteiger partial charge in [-0.3, -0.25) is 0 Å². The van der Waals surface area contributed by atoms with Crippen LogP contribution in [-0.2, 0) is 65.4 Å². The van der Waals surface area contributed by atoms with E-state index in [1.807, 2.05) is 24.3 Å². The van der Waals surface area contributed by atoms with Crippen LogP contribution < -0.4 is 0 Å². The second-order valence-electron chi connectivity index (χ2n) is 18.7. The standard InChI is InChI=1S/2C28H44O3S.Zn/c2*1-3-5-7-9-11-13-15-17-24-19-20-27-26(21-24)22-25(23-28(27)32(29,30)31)18-16-14-12-10-8-6-4-2;/h2*19-23H,3-18H2,1-2H3,(H,29,30,31);/q;;+2/p-2. The molecule has 360 valence electrons. The molecule has 6 nitrogen and oxygen atoms in total. The Kier molecular flexibility index (Phi) is 31.0. The Hall–Kier alpha value is -2.16. The molecule has 65 heavy (non-hydrogen) atoms. The van der Waals surface area contributed by atoms with Crippen molar-refractivity contribution in [2.24, 2.45) is 0 Å². The summed E-state index contributed by atoms with van der Waals surface area (Å²) in [6, 6.07) is 19.2. The first kappa shape index (κ1) is 59.0. The SMILES string of the molecule is CCCCCCCCCc1ccc2c(S(=O)(=O)[O-])cc(CCCCCCCCC)cc2c1.CCCCCCCCCc1ccc2c(S(=O)(=O)[O-])cc(CCCCCCCCC)cc2c1.[Zn+2]. The maximum absolute atomic E-state index is 11.9. The Labute approximate surface area is 410 Å². The molecule has 0 amide bonds. The van der Waals surface area contributed by atoms with Gasteiger partial charge in [0.1, 0.15) is 20.2 Å². The van der Waals surface area contributed by atoms with Crippen LogP contribution in [0.25, 0.3) is 21.5 Å². The van der Waals surface area contributed by atoms with E-state index in [-0.39, 0.29) is 29.3 Å². The molecule has 0 aliphatic rings. The van der Waals surface area contributed by atoms with E-state index in [1.165, 1.54) is 152 Å². The summed E-state index contributed by atoms with van der Waals surface area (Å²) in [4.78, 5) is -0.120. The summed E-state index contributed by atoms with van der Waals surface area (Å²) in [6.07, 6.45) is 38.6. The Morgan fingerprint density at radius 3 is 0.815 bits per heavy atom. The summed E-state index contributed by atoms with van der Waals surface area (Å²) >= 11 is 0. The molecule has 0 aromatic heterocycles. The van der Waals surface area contributed by atoms with Crippen molar-refractivity contribution in [2.45, 2.75) is 243 Å². The fraction of sp³-hybridized carbons (Fsp3) is 0.643. The predicted octanol–water partition coefficient (Wildman–Crippen LogP) is 16.7. The van der Waals surface area contributed by atoms with Crippen LogP contribution in [0, 0.1) is 0 Å². The third-order valence-corrected chi connectivity index (χ3v) is 14.6. The van der Waals surface area contributed by atoms with Gasteiger partial charge in [0.15, 0.2) is 0 Å². The van der Waals surface area contributed by atoms with Gasteiger partial charge in [-0.2, -0.15) is 0 Å². The molecule has 0 fully saturated rings. The zero-order chi connectivity index (χ0) is 46.5.